The Kier molecular flexibility index (Phi) is 5.67. The second kappa shape index (κ2) is 6.81. The van der Waals surface area contributed by atoms with Crippen LogP contribution in [0.4, 0.5) is 0 Å². The molecule has 3 nitrogen and oxygen atoms in total. The van der Waals surface area contributed by atoms with Crippen LogP contribution in [0.2, 0.25) is 0 Å². The molecule has 1 aliphatic heterocycles. The Morgan fingerprint density at radius 3 is 2.73 bits per heavy atom. The number of piperidine rings is 1. The SMILES string of the molecule is CCC(C#N)N(CC)CC1CCCCN1. The van der Waals surface area contributed by atoms with Gasteiger partial charge in [0.1, 0.15) is 0 Å². The third kappa shape index (κ3) is 3.81. The first-order chi connectivity index (χ1) is 7.31. The van der Waals surface area contributed by atoms with Gasteiger partial charge in [-0.1, -0.05) is 20.3 Å². The molecule has 0 radical (unpaired) electrons. The predicted molar refractivity (Wildman–Crippen MR) is 62.6 cm³/mol. The fourth-order valence-electron chi connectivity index (χ4n) is 2.27. The van der Waals surface area contributed by atoms with Gasteiger partial charge in [0.2, 0.25) is 0 Å². The molecule has 86 valence electrons. The normalized spacial score (nSPS) is 23.7. The molecule has 0 spiro atoms. The van der Waals surface area contributed by atoms with E-state index in [4.69, 9.17) is 5.26 Å². The number of rotatable bonds is 5. The monoisotopic (exact) mass is 209 g/mol. The molecule has 1 saturated heterocycles. The average Bonchev–Trinajstić information content (AvgIpc) is 2.30. The van der Waals surface area contributed by atoms with Crippen molar-refractivity contribution in [2.45, 2.75) is 51.6 Å². The number of hydrogen-bond donors (Lipinski definition) is 1. The molecular formula is C12H23N3. The van der Waals surface area contributed by atoms with Crippen molar-refractivity contribution < 1.29 is 0 Å². The second-order valence-electron chi connectivity index (χ2n) is 4.29. The number of nitrogens with one attached hydrogen (secondary N) is 1. The third-order valence-corrected chi connectivity index (χ3v) is 3.25. The number of nitrogens with zero attached hydrogens (tertiary/aromatic N) is 2. The summed E-state index contributed by atoms with van der Waals surface area (Å²) in [6, 6.07) is 3.08. The molecule has 3 heteroatoms. The van der Waals surface area contributed by atoms with Crippen molar-refractivity contribution in [3.63, 3.8) is 0 Å². The van der Waals surface area contributed by atoms with E-state index in [9.17, 15) is 0 Å². The van der Waals surface area contributed by atoms with Crippen molar-refractivity contribution in [3.8, 4) is 6.07 Å². The standard InChI is InChI=1S/C12H23N3/c1-3-12(9-13)15(4-2)10-11-7-5-6-8-14-11/h11-12,14H,3-8,10H2,1-2H3. The Morgan fingerprint density at radius 2 is 2.27 bits per heavy atom. The summed E-state index contributed by atoms with van der Waals surface area (Å²) in [5.74, 6) is 0. The first-order valence-corrected chi connectivity index (χ1v) is 6.18. The molecule has 0 aliphatic carbocycles. The summed E-state index contributed by atoms with van der Waals surface area (Å²) in [6.45, 7) is 7.38. The van der Waals surface area contributed by atoms with Gasteiger partial charge in [0.15, 0.2) is 0 Å². The zero-order chi connectivity index (χ0) is 11.1. The minimum absolute atomic E-state index is 0.0960. The van der Waals surface area contributed by atoms with Crippen LogP contribution in [-0.4, -0.2) is 36.6 Å². The molecular weight excluding hydrogens is 186 g/mol. The molecule has 1 N–H and O–H groups in total. The van der Waals surface area contributed by atoms with E-state index >= 15 is 0 Å². The molecule has 15 heavy (non-hydrogen) atoms. The predicted octanol–water partition coefficient (Wildman–Crippen LogP) is 1.75. The summed E-state index contributed by atoms with van der Waals surface area (Å²) in [4.78, 5) is 2.29. The molecule has 2 unspecified atom stereocenters. The van der Waals surface area contributed by atoms with Crippen LogP contribution in [0.3, 0.4) is 0 Å². The van der Waals surface area contributed by atoms with Gasteiger partial charge in [0, 0.05) is 12.6 Å². The van der Waals surface area contributed by atoms with Crippen LogP contribution >= 0.6 is 0 Å². The Morgan fingerprint density at radius 1 is 1.47 bits per heavy atom. The number of hydrogen-bond acceptors (Lipinski definition) is 3. The van der Waals surface area contributed by atoms with Crippen LogP contribution in [0.5, 0.6) is 0 Å². The van der Waals surface area contributed by atoms with Crippen LogP contribution in [0, 0.1) is 11.3 Å². The van der Waals surface area contributed by atoms with Crippen molar-refractivity contribution in [2.24, 2.45) is 0 Å². The van der Waals surface area contributed by atoms with E-state index in [0.29, 0.717) is 6.04 Å². The maximum atomic E-state index is 9.04. The summed E-state index contributed by atoms with van der Waals surface area (Å²) in [6.07, 6.45) is 4.83. The molecule has 0 aromatic rings. The highest BCUT2D eigenvalue weighted by Crippen LogP contribution is 2.11. The van der Waals surface area contributed by atoms with Crippen molar-refractivity contribution in [3.05, 3.63) is 0 Å². The second-order valence-corrected chi connectivity index (χ2v) is 4.29. The van der Waals surface area contributed by atoms with E-state index < -0.39 is 0 Å². The van der Waals surface area contributed by atoms with Gasteiger partial charge in [-0.2, -0.15) is 5.26 Å². The quantitative estimate of drug-likeness (QED) is 0.750. The van der Waals surface area contributed by atoms with Crippen LogP contribution in [-0.2, 0) is 0 Å². The van der Waals surface area contributed by atoms with E-state index in [2.05, 4.69) is 30.1 Å². The molecule has 1 aliphatic rings. The maximum absolute atomic E-state index is 9.04. The first kappa shape index (κ1) is 12.5. The van der Waals surface area contributed by atoms with Gasteiger partial charge in [0.25, 0.3) is 0 Å². The molecule has 1 fully saturated rings. The van der Waals surface area contributed by atoms with Gasteiger partial charge < -0.3 is 5.32 Å². The molecule has 2 atom stereocenters. The fourth-order valence-corrected chi connectivity index (χ4v) is 2.27. The highest BCUT2D eigenvalue weighted by molar-refractivity contribution is 4.92. The van der Waals surface area contributed by atoms with Gasteiger partial charge >= 0.3 is 0 Å². The molecule has 1 heterocycles. The lowest BCUT2D eigenvalue weighted by molar-refractivity contribution is 0.200. The zero-order valence-electron chi connectivity index (χ0n) is 10.00. The summed E-state index contributed by atoms with van der Waals surface area (Å²) >= 11 is 0. The van der Waals surface area contributed by atoms with E-state index in [-0.39, 0.29) is 6.04 Å². The van der Waals surface area contributed by atoms with E-state index in [1.54, 1.807) is 0 Å². The van der Waals surface area contributed by atoms with Crippen LogP contribution in [0.1, 0.15) is 39.5 Å². The fraction of sp³-hybridized carbons (Fsp3) is 0.917. The molecule has 0 saturated carbocycles. The molecule has 0 bridgehead atoms. The van der Waals surface area contributed by atoms with E-state index in [0.717, 1.165) is 26.1 Å². The van der Waals surface area contributed by atoms with Gasteiger partial charge in [-0.05, 0) is 32.4 Å². The Bertz CT molecular complexity index is 203. The van der Waals surface area contributed by atoms with Gasteiger partial charge in [0.05, 0.1) is 12.1 Å². The zero-order valence-corrected chi connectivity index (χ0v) is 10.00. The van der Waals surface area contributed by atoms with E-state index in [1.165, 1.54) is 19.3 Å². The highest BCUT2D eigenvalue weighted by atomic mass is 15.2. The van der Waals surface area contributed by atoms with Crippen molar-refractivity contribution in [1.29, 1.82) is 5.26 Å². The molecule has 0 amide bonds. The summed E-state index contributed by atoms with van der Waals surface area (Å²) < 4.78 is 0. The number of nitriles is 1. The van der Waals surface area contributed by atoms with E-state index in [1.807, 2.05) is 0 Å². The molecule has 0 aromatic heterocycles. The molecule has 1 rings (SSSR count). The smallest absolute Gasteiger partial charge is 0.0975 e. The highest BCUT2D eigenvalue weighted by Gasteiger charge is 2.20. The maximum Gasteiger partial charge on any atom is 0.0975 e. The van der Waals surface area contributed by atoms with Crippen molar-refractivity contribution >= 4 is 0 Å². The lowest BCUT2D eigenvalue weighted by atomic mass is 10.0. The Balaban J connectivity index is 2.41. The topological polar surface area (TPSA) is 39.1 Å². The van der Waals surface area contributed by atoms with Gasteiger partial charge in [-0.15, -0.1) is 0 Å². The summed E-state index contributed by atoms with van der Waals surface area (Å²) in [7, 11) is 0. The summed E-state index contributed by atoms with van der Waals surface area (Å²) in [5, 5.41) is 12.6. The third-order valence-electron chi connectivity index (χ3n) is 3.25. The summed E-state index contributed by atoms with van der Waals surface area (Å²) in [5.41, 5.74) is 0. The van der Waals surface area contributed by atoms with Gasteiger partial charge in [-0.25, -0.2) is 0 Å². The van der Waals surface area contributed by atoms with Crippen molar-refractivity contribution in [2.75, 3.05) is 19.6 Å². The average molecular weight is 209 g/mol. The van der Waals surface area contributed by atoms with Crippen LogP contribution < -0.4 is 5.32 Å². The Labute approximate surface area is 93.5 Å². The minimum atomic E-state index is 0.0960. The van der Waals surface area contributed by atoms with Gasteiger partial charge in [-0.3, -0.25) is 4.90 Å². The Hall–Kier alpha value is -0.590. The first-order valence-electron chi connectivity index (χ1n) is 6.18. The van der Waals surface area contributed by atoms with Crippen LogP contribution in [0.15, 0.2) is 0 Å². The van der Waals surface area contributed by atoms with Crippen molar-refractivity contribution in [1.82, 2.24) is 10.2 Å². The minimum Gasteiger partial charge on any atom is -0.313 e. The largest absolute Gasteiger partial charge is 0.313 e. The molecule has 0 aromatic carbocycles. The lowest BCUT2D eigenvalue weighted by Crippen LogP contribution is -2.46. The lowest BCUT2D eigenvalue weighted by Gasteiger charge is -2.32. The number of likely N-dealkylation sites (N-methyl/N-ethyl adjacent to an activating group) is 1. The van der Waals surface area contributed by atoms with Crippen LogP contribution in [0.25, 0.3) is 0 Å².